The van der Waals surface area contributed by atoms with E-state index < -0.39 is 5.91 Å². The first-order chi connectivity index (χ1) is 10.6. The van der Waals surface area contributed by atoms with Gasteiger partial charge in [0, 0.05) is 23.4 Å². The van der Waals surface area contributed by atoms with E-state index in [0.29, 0.717) is 17.7 Å². The number of fused-ring (bicyclic) bond motifs is 1. The van der Waals surface area contributed by atoms with E-state index in [1.54, 1.807) is 0 Å². The quantitative estimate of drug-likeness (QED) is 0.908. The fourth-order valence-corrected chi connectivity index (χ4v) is 3.00. The summed E-state index contributed by atoms with van der Waals surface area (Å²) >= 11 is 0. The predicted molar refractivity (Wildman–Crippen MR) is 85.3 cm³/mol. The highest BCUT2D eigenvalue weighted by Crippen LogP contribution is 2.28. The number of hydrogen-bond acceptors (Lipinski definition) is 2. The average molecular weight is 298 g/mol. The molecule has 114 valence electrons. The summed E-state index contributed by atoms with van der Waals surface area (Å²) in [5, 5.41) is 3.30. The van der Waals surface area contributed by atoms with Crippen molar-refractivity contribution in [1.29, 1.82) is 0 Å². The normalized spacial score (nSPS) is 13.5. The molecule has 0 spiro atoms. The lowest BCUT2D eigenvalue weighted by Gasteiger charge is -2.20. The Morgan fingerprint density at radius 1 is 1.18 bits per heavy atom. The Morgan fingerprint density at radius 2 is 2.00 bits per heavy atom. The Labute approximate surface area is 129 Å². The molecule has 0 bridgehead atoms. The average Bonchev–Trinajstić information content (AvgIpc) is 2.54. The SMILES string of the molecule is NC(=O)c1ccc(F)c(CNc2cccc3c2CCCC3)c1. The number of amides is 1. The van der Waals surface area contributed by atoms with Crippen molar-refractivity contribution in [1.82, 2.24) is 0 Å². The molecule has 0 radical (unpaired) electrons. The summed E-state index contributed by atoms with van der Waals surface area (Å²) in [6, 6.07) is 10.4. The van der Waals surface area contributed by atoms with Gasteiger partial charge in [-0.05, 0) is 61.1 Å². The highest BCUT2D eigenvalue weighted by molar-refractivity contribution is 5.92. The molecule has 1 amide bonds. The highest BCUT2D eigenvalue weighted by Gasteiger charge is 2.13. The predicted octanol–water partition coefficient (Wildman–Crippen LogP) is 3.42. The molecule has 0 aromatic heterocycles. The lowest BCUT2D eigenvalue weighted by Crippen LogP contribution is -2.13. The van der Waals surface area contributed by atoms with Crippen molar-refractivity contribution in [2.45, 2.75) is 32.2 Å². The van der Waals surface area contributed by atoms with Crippen LogP contribution in [0.3, 0.4) is 0 Å². The maximum atomic E-state index is 13.9. The molecule has 4 heteroatoms. The molecule has 0 fully saturated rings. The van der Waals surface area contributed by atoms with Gasteiger partial charge in [0.05, 0.1) is 0 Å². The van der Waals surface area contributed by atoms with Crippen molar-refractivity contribution < 1.29 is 9.18 Å². The van der Waals surface area contributed by atoms with Crippen LogP contribution in [0.5, 0.6) is 0 Å². The molecule has 22 heavy (non-hydrogen) atoms. The standard InChI is InChI=1S/C18H19FN2O/c19-16-9-8-13(18(20)22)10-14(16)11-21-17-7-3-5-12-4-1-2-6-15(12)17/h3,5,7-10,21H,1-2,4,6,11H2,(H2,20,22). The van der Waals surface area contributed by atoms with E-state index in [2.05, 4.69) is 11.4 Å². The van der Waals surface area contributed by atoms with Gasteiger partial charge < -0.3 is 11.1 Å². The third-order valence-corrected chi connectivity index (χ3v) is 4.20. The van der Waals surface area contributed by atoms with Gasteiger partial charge in [-0.1, -0.05) is 12.1 Å². The summed E-state index contributed by atoms with van der Waals surface area (Å²) in [4.78, 5) is 11.2. The first-order valence-electron chi connectivity index (χ1n) is 7.58. The van der Waals surface area contributed by atoms with Crippen LogP contribution in [0.2, 0.25) is 0 Å². The maximum absolute atomic E-state index is 13.9. The molecule has 3 nitrogen and oxygen atoms in total. The highest BCUT2D eigenvalue weighted by atomic mass is 19.1. The van der Waals surface area contributed by atoms with Gasteiger partial charge in [0.25, 0.3) is 0 Å². The zero-order valence-electron chi connectivity index (χ0n) is 12.4. The minimum absolute atomic E-state index is 0.327. The minimum atomic E-state index is -0.543. The van der Waals surface area contributed by atoms with Gasteiger partial charge in [0.2, 0.25) is 5.91 Å². The van der Waals surface area contributed by atoms with E-state index in [1.165, 1.54) is 42.2 Å². The Bertz CT molecular complexity index is 712. The Morgan fingerprint density at radius 3 is 2.82 bits per heavy atom. The molecule has 0 atom stereocenters. The topological polar surface area (TPSA) is 55.1 Å². The molecule has 3 N–H and O–H groups in total. The van der Waals surface area contributed by atoms with Crippen molar-refractivity contribution in [3.05, 3.63) is 64.5 Å². The molecule has 0 saturated carbocycles. The number of anilines is 1. The van der Waals surface area contributed by atoms with Crippen LogP contribution in [-0.4, -0.2) is 5.91 Å². The summed E-state index contributed by atoms with van der Waals surface area (Å²) in [5.41, 5.74) is 9.79. The van der Waals surface area contributed by atoms with E-state index >= 15 is 0 Å². The van der Waals surface area contributed by atoms with Crippen molar-refractivity contribution >= 4 is 11.6 Å². The number of hydrogen-bond donors (Lipinski definition) is 2. The second-order valence-electron chi connectivity index (χ2n) is 5.67. The molecular weight excluding hydrogens is 279 g/mol. The molecular formula is C18H19FN2O. The summed E-state index contributed by atoms with van der Waals surface area (Å²) in [6.45, 7) is 0.337. The summed E-state index contributed by atoms with van der Waals surface area (Å²) in [6.07, 6.45) is 4.58. The van der Waals surface area contributed by atoms with Gasteiger partial charge in [0.15, 0.2) is 0 Å². The smallest absolute Gasteiger partial charge is 0.248 e. The molecule has 1 aliphatic carbocycles. The van der Waals surface area contributed by atoms with Gasteiger partial charge in [-0.3, -0.25) is 4.79 Å². The second-order valence-corrected chi connectivity index (χ2v) is 5.67. The Hall–Kier alpha value is -2.36. The van der Waals surface area contributed by atoms with Crippen molar-refractivity contribution in [2.24, 2.45) is 5.73 Å². The van der Waals surface area contributed by atoms with Crippen LogP contribution in [0, 0.1) is 5.82 Å². The molecule has 3 rings (SSSR count). The summed E-state index contributed by atoms with van der Waals surface area (Å²) in [5.74, 6) is -0.874. The van der Waals surface area contributed by atoms with Crippen LogP contribution in [0.25, 0.3) is 0 Å². The third-order valence-electron chi connectivity index (χ3n) is 4.20. The summed E-state index contributed by atoms with van der Waals surface area (Å²) < 4.78 is 13.9. The van der Waals surface area contributed by atoms with Gasteiger partial charge in [-0.15, -0.1) is 0 Å². The van der Waals surface area contributed by atoms with Crippen LogP contribution >= 0.6 is 0 Å². The van der Waals surface area contributed by atoms with Crippen molar-refractivity contribution in [3.8, 4) is 0 Å². The maximum Gasteiger partial charge on any atom is 0.248 e. The monoisotopic (exact) mass is 298 g/mol. The first-order valence-corrected chi connectivity index (χ1v) is 7.58. The number of carbonyl (C=O) groups is 1. The van der Waals surface area contributed by atoms with Crippen LogP contribution < -0.4 is 11.1 Å². The van der Waals surface area contributed by atoms with Gasteiger partial charge in [0.1, 0.15) is 5.82 Å². The zero-order chi connectivity index (χ0) is 15.5. The second kappa shape index (κ2) is 6.18. The Balaban J connectivity index is 1.81. The molecule has 2 aromatic rings. The van der Waals surface area contributed by atoms with Crippen molar-refractivity contribution in [3.63, 3.8) is 0 Å². The first kappa shape index (κ1) is 14.6. The molecule has 0 heterocycles. The van der Waals surface area contributed by atoms with E-state index in [-0.39, 0.29) is 5.82 Å². The molecule has 2 aromatic carbocycles. The van der Waals surface area contributed by atoms with Gasteiger partial charge >= 0.3 is 0 Å². The number of rotatable bonds is 4. The molecule has 1 aliphatic rings. The lowest BCUT2D eigenvalue weighted by atomic mass is 9.90. The van der Waals surface area contributed by atoms with Crippen LogP contribution in [0.1, 0.15) is 39.9 Å². The number of carbonyl (C=O) groups excluding carboxylic acids is 1. The van der Waals surface area contributed by atoms with E-state index in [4.69, 9.17) is 5.73 Å². The van der Waals surface area contributed by atoms with E-state index in [1.807, 2.05) is 12.1 Å². The number of nitrogens with two attached hydrogens (primary N) is 1. The number of primary amides is 1. The van der Waals surface area contributed by atoms with E-state index in [0.717, 1.165) is 18.5 Å². The van der Waals surface area contributed by atoms with E-state index in [9.17, 15) is 9.18 Å². The lowest BCUT2D eigenvalue weighted by molar-refractivity contribution is 0.1000. The number of aryl methyl sites for hydroxylation is 1. The van der Waals surface area contributed by atoms with Crippen LogP contribution in [0.15, 0.2) is 36.4 Å². The fourth-order valence-electron chi connectivity index (χ4n) is 3.00. The zero-order valence-corrected chi connectivity index (χ0v) is 12.4. The fraction of sp³-hybridized carbons (Fsp3) is 0.278. The van der Waals surface area contributed by atoms with Gasteiger partial charge in [-0.25, -0.2) is 4.39 Å². The number of nitrogens with one attached hydrogen (secondary N) is 1. The number of halogens is 1. The summed E-state index contributed by atoms with van der Waals surface area (Å²) in [7, 11) is 0. The molecule has 0 aliphatic heterocycles. The van der Waals surface area contributed by atoms with Gasteiger partial charge in [-0.2, -0.15) is 0 Å². The largest absolute Gasteiger partial charge is 0.381 e. The third kappa shape index (κ3) is 2.96. The Kier molecular flexibility index (Phi) is 4.09. The molecule has 0 unspecified atom stereocenters. The van der Waals surface area contributed by atoms with Crippen LogP contribution in [-0.2, 0) is 19.4 Å². The molecule has 0 saturated heterocycles. The number of benzene rings is 2. The van der Waals surface area contributed by atoms with Crippen LogP contribution in [0.4, 0.5) is 10.1 Å². The van der Waals surface area contributed by atoms with Crippen molar-refractivity contribution in [2.75, 3.05) is 5.32 Å². The minimum Gasteiger partial charge on any atom is -0.381 e.